The summed E-state index contributed by atoms with van der Waals surface area (Å²) in [6.45, 7) is -2.92. The molecule has 0 bridgehead atoms. The van der Waals surface area contributed by atoms with Gasteiger partial charge in [0.05, 0.1) is 12.6 Å². The third-order valence-electron chi connectivity index (χ3n) is 5.25. The van der Waals surface area contributed by atoms with Crippen LogP contribution in [0.3, 0.4) is 0 Å². The predicted molar refractivity (Wildman–Crippen MR) is 111 cm³/mol. The summed E-state index contributed by atoms with van der Waals surface area (Å²) in [6, 6.07) is 21.7. The summed E-state index contributed by atoms with van der Waals surface area (Å²) in [5, 5.41) is 12.8. The molecule has 1 atom stereocenters. The molecule has 4 rings (SSSR count). The van der Waals surface area contributed by atoms with E-state index >= 15 is 0 Å². The van der Waals surface area contributed by atoms with Gasteiger partial charge in [-0.25, -0.2) is 4.79 Å². The van der Waals surface area contributed by atoms with Crippen LogP contribution >= 0.6 is 0 Å². The molecule has 3 aromatic carbocycles. The van der Waals surface area contributed by atoms with Crippen molar-refractivity contribution in [3.63, 3.8) is 0 Å². The summed E-state index contributed by atoms with van der Waals surface area (Å²) >= 11 is 0. The predicted octanol–water partition coefficient (Wildman–Crippen LogP) is 4.86. The van der Waals surface area contributed by atoms with Crippen LogP contribution in [0.4, 0.5) is 13.6 Å². The lowest BCUT2D eigenvalue weighted by Gasteiger charge is -2.16. The van der Waals surface area contributed by atoms with Crippen LogP contribution < -0.4 is 10.1 Å². The Morgan fingerprint density at radius 3 is 2.26 bits per heavy atom. The van der Waals surface area contributed by atoms with Crippen LogP contribution in [0.5, 0.6) is 5.75 Å². The van der Waals surface area contributed by atoms with Crippen molar-refractivity contribution in [3.05, 3.63) is 89.5 Å². The van der Waals surface area contributed by atoms with Gasteiger partial charge in [-0.05, 0) is 39.9 Å². The van der Waals surface area contributed by atoms with Crippen LogP contribution in [0.25, 0.3) is 11.1 Å². The lowest BCUT2D eigenvalue weighted by molar-refractivity contribution is -0.0499. The Labute approximate surface area is 178 Å². The number of nitrogens with one attached hydrogen (secondary N) is 1. The molecule has 0 saturated carbocycles. The zero-order valence-electron chi connectivity index (χ0n) is 16.5. The lowest BCUT2D eigenvalue weighted by atomic mass is 9.98. The van der Waals surface area contributed by atoms with E-state index in [0.717, 1.165) is 22.3 Å². The number of carbonyl (C=O) groups excluding carboxylic acids is 1. The molecule has 3 aromatic rings. The lowest BCUT2D eigenvalue weighted by Crippen LogP contribution is -2.30. The highest BCUT2D eigenvalue weighted by Crippen LogP contribution is 2.44. The summed E-state index contributed by atoms with van der Waals surface area (Å²) in [4.78, 5) is 12.2. The highest BCUT2D eigenvalue weighted by molar-refractivity contribution is 5.79. The summed E-state index contributed by atoms with van der Waals surface area (Å²) in [6.07, 6.45) is -1.76. The smallest absolute Gasteiger partial charge is 0.407 e. The Morgan fingerprint density at radius 1 is 0.968 bits per heavy atom. The molecular formula is C24H21F2NO4. The number of amides is 1. The molecule has 0 saturated heterocycles. The first-order valence-electron chi connectivity index (χ1n) is 9.84. The number of benzene rings is 3. The van der Waals surface area contributed by atoms with Crippen LogP contribution in [-0.2, 0) is 4.74 Å². The Morgan fingerprint density at radius 2 is 1.61 bits per heavy atom. The number of alkyl halides is 2. The fourth-order valence-corrected chi connectivity index (χ4v) is 3.85. The minimum Gasteiger partial charge on any atom is -0.449 e. The van der Waals surface area contributed by atoms with E-state index in [4.69, 9.17) is 4.74 Å². The molecule has 160 valence electrons. The molecular weight excluding hydrogens is 404 g/mol. The van der Waals surface area contributed by atoms with Crippen molar-refractivity contribution in [2.45, 2.75) is 18.6 Å². The second kappa shape index (κ2) is 9.14. The maximum absolute atomic E-state index is 12.3. The Hall–Kier alpha value is -3.45. The maximum atomic E-state index is 12.3. The number of ether oxygens (including phenoxy) is 2. The molecule has 0 fully saturated rings. The number of alkyl carbamates (subject to hydrolysis) is 1. The van der Waals surface area contributed by atoms with Crippen molar-refractivity contribution in [2.75, 3.05) is 13.2 Å². The highest BCUT2D eigenvalue weighted by Gasteiger charge is 2.29. The van der Waals surface area contributed by atoms with E-state index in [-0.39, 0.29) is 24.8 Å². The van der Waals surface area contributed by atoms with E-state index in [1.807, 2.05) is 36.4 Å². The van der Waals surface area contributed by atoms with Gasteiger partial charge in [-0.1, -0.05) is 60.7 Å². The fourth-order valence-electron chi connectivity index (χ4n) is 3.85. The molecule has 5 nitrogen and oxygen atoms in total. The molecule has 1 aliphatic rings. The van der Waals surface area contributed by atoms with Gasteiger partial charge in [0.1, 0.15) is 12.4 Å². The Bertz CT molecular complexity index is 1030. The molecule has 2 N–H and O–H groups in total. The van der Waals surface area contributed by atoms with Gasteiger partial charge in [-0.3, -0.25) is 0 Å². The standard InChI is InChI=1S/C24H21F2NO4/c25-23(26)31-16-7-5-6-15(12-16)22(28)13-27-24(29)30-14-21-19-10-3-1-8-17(19)18-9-2-4-11-20(18)21/h1-12,21-23,28H,13-14H2,(H,27,29). The minimum absolute atomic E-state index is 0.0623. The largest absolute Gasteiger partial charge is 0.449 e. The quantitative estimate of drug-likeness (QED) is 0.567. The second-order valence-electron chi connectivity index (χ2n) is 7.17. The van der Waals surface area contributed by atoms with Gasteiger partial charge in [0.25, 0.3) is 0 Å². The first-order chi connectivity index (χ1) is 15.0. The number of fused-ring (bicyclic) bond motifs is 3. The van der Waals surface area contributed by atoms with Crippen molar-refractivity contribution in [2.24, 2.45) is 0 Å². The van der Waals surface area contributed by atoms with E-state index in [1.165, 1.54) is 18.2 Å². The van der Waals surface area contributed by atoms with E-state index in [2.05, 4.69) is 22.2 Å². The van der Waals surface area contributed by atoms with Crippen LogP contribution in [0.2, 0.25) is 0 Å². The monoisotopic (exact) mass is 425 g/mol. The van der Waals surface area contributed by atoms with Gasteiger partial charge in [-0.2, -0.15) is 8.78 Å². The first kappa shape index (κ1) is 20.8. The third-order valence-corrected chi connectivity index (χ3v) is 5.25. The van der Waals surface area contributed by atoms with Crippen molar-refractivity contribution < 1.29 is 28.2 Å². The van der Waals surface area contributed by atoms with Gasteiger partial charge in [0, 0.05) is 5.92 Å². The number of aliphatic hydroxyl groups excluding tert-OH is 1. The van der Waals surface area contributed by atoms with Gasteiger partial charge in [-0.15, -0.1) is 0 Å². The van der Waals surface area contributed by atoms with Gasteiger partial charge >= 0.3 is 12.7 Å². The molecule has 0 heterocycles. The average Bonchev–Trinajstić information content (AvgIpc) is 3.09. The van der Waals surface area contributed by atoms with Crippen molar-refractivity contribution in [1.82, 2.24) is 5.32 Å². The number of rotatable bonds is 7. The average molecular weight is 425 g/mol. The second-order valence-corrected chi connectivity index (χ2v) is 7.17. The molecule has 0 radical (unpaired) electrons. The maximum Gasteiger partial charge on any atom is 0.407 e. The zero-order chi connectivity index (χ0) is 21.8. The van der Waals surface area contributed by atoms with E-state index < -0.39 is 18.8 Å². The third kappa shape index (κ3) is 4.67. The summed E-state index contributed by atoms with van der Waals surface area (Å²) < 4.78 is 34.4. The molecule has 0 spiro atoms. The summed E-state index contributed by atoms with van der Waals surface area (Å²) in [5.74, 6) is -0.126. The Kier molecular flexibility index (Phi) is 6.13. The summed E-state index contributed by atoms with van der Waals surface area (Å²) in [5.41, 5.74) is 4.82. The molecule has 1 amide bonds. The summed E-state index contributed by atoms with van der Waals surface area (Å²) in [7, 11) is 0. The van der Waals surface area contributed by atoms with Crippen molar-refractivity contribution >= 4 is 6.09 Å². The number of hydrogen-bond donors (Lipinski definition) is 2. The first-order valence-corrected chi connectivity index (χ1v) is 9.84. The topological polar surface area (TPSA) is 67.8 Å². The molecule has 0 aliphatic heterocycles. The van der Waals surface area contributed by atoms with Gasteiger partial charge < -0.3 is 19.9 Å². The number of hydrogen-bond acceptors (Lipinski definition) is 4. The molecule has 0 aromatic heterocycles. The molecule has 1 aliphatic carbocycles. The van der Waals surface area contributed by atoms with Crippen molar-refractivity contribution in [1.29, 1.82) is 0 Å². The normalized spacial score (nSPS) is 13.4. The van der Waals surface area contributed by atoms with Crippen molar-refractivity contribution in [3.8, 4) is 16.9 Å². The highest BCUT2D eigenvalue weighted by atomic mass is 19.3. The number of aliphatic hydroxyl groups is 1. The van der Waals surface area contributed by atoms with E-state index in [1.54, 1.807) is 6.07 Å². The van der Waals surface area contributed by atoms with E-state index in [9.17, 15) is 18.7 Å². The molecule has 1 unspecified atom stereocenters. The van der Waals surface area contributed by atoms with Crippen LogP contribution in [0.15, 0.2) is 72.8 Å². The fraction of sp³-hybridized carbons (Fsp3) is 0.208. The van der Waals surface area contributed by atoms with Crippen LogP contribution in [0.1, 0.15) is 28.7 Å². The zero-order valence-corrected chi connectivity index (χ0v) is 16.5. The number of carbonyl (C=O) groups is 1. The number of halogens is 2. The Balaban J connectivity index is 1.34. The van der Waals surface area contributed by atoms with Crippen LogP contribution in [0, 0.1) is 0 Å². The van der Waals surface area contributed by atoms with Crippen LogP contribution in [-0.4, -0.2) is 31.0 Å². The molecule has 31 heavy (non-hydrogen) atoms. The van der Waals surface area contributed by atoms with Gasteiger partial charge in [0.15, 0.2) is 0 Å². The molecule has 7 heteroatoms. The van der Waals surface area contributed by atoms with E-state index in [0.29, 0.717) is 5.56 Å². The SMILES string of the molecule is O=C(NCC(O)c1cccc(OC(F)F)c1)OCC1c2ccccc2-c2ccccc21. The van der Waals surface area contributed by atoms with Gasteiger partial charge in [0.2, 0.25) is 0 Å². The minimum atomic E-state index is -2.95.